The molecule has 0 aliphatic rings. The Hall–Kier alpha value is -3.52. The number of aromatic nitrogens is 3. The summed E-state index contributed by atoms with van der Waals surface area (Å²) in [6.45, 7) is 3.34. The number of benzene rings is 2. The molecule has 8 heteroatoms. The second kappa shape index (κ2) is 8.55. The molecule has 0 atom stereocenters. The topological polar surface area (TPSA) is 83.2 Å². The van der Waals surface area contributed by atoms with Crippen LogP contribution in [0, 0.1) is 13.8 Å². The second-order valence-electron chi connectivity index (χ2n) is 7.42. The molecule has 0 saturated carbocycles. The van der Waals surface area contributed by atoms with E-state index in [1.54, 1.807) is 30.3 Å². The quantitative estimate of drug-likeness (QED) is 0.308. The van der Waals surface area contributed by atoms with E-state index < -0.39 is 12.6 Å². The number of nitrogens with zero attached hydrogens (tertiary/aromatic N) is 3. The number of fused-ring (bicyclic) bond motifs is 1. The van der Waals surface area contributed by atoms with Crippen LogP contribution >= 0.6 is 15.9 Å². The molecule has 2 aromatic carbocycles. The number of hydrogen-bond donors (Lipinski definition) is 0. The van der Waals surface area contributed by atoms with Crippen molar-refractivity contribution in [3.8, 4) is 5.69 Å². The van der Waals surface area contributed by atoms with Gasteiger partial charge in [-0.1, -0.05) is 34.1 Å². The molecule has 0 spiro atoms. The molecule has 0 saturated heterocycles. The van der Waals surface area contributed by atoms with Crippen molar-refractivity contribution in [1.82, 2.24) is 14.3 Å². The molecule has 0 bridgehead atoms. The summed E-state index contributed by atoms with van der Waals surface area (Å²) in [7, 11) is 1.47. The monoisotopic (exact) mass is 493 g/mol. The van der Waals surface area contributed by atoms with Crippen molar-refractivity contribution in [2.45, 2.75) is 13.8 Å². The van der Waals surface area contributed by atoms with Crippen molar-refractivity contribution >= 4 is 38.5 Å². The number of carbonyl (C=O) groups is 2. The maximum atomic E-state index is 12.9. The Labute approximate surface area is 192 Å². The fourth-order valence-corrected chi connectivity index (χ4v) is 4.02. The van der Waals surface area contributed by atoms with Crippen molar-refractivity contribution in [2.24, 2.45) is 7.05 Å². The Morgan fingerprint density at radius 1 is 1.03 bits per heavy atom. The van der Waals surface area contributed by atoms with Crippen molar-refractivity contribution in [3.63, 3.8) is 0 Å². The van der Waals surface area contributed by atoms with Crippen LogP contribution < -0.4 is 5.56 Å². The van der Waals surface area contributed by atoms with Crippen molar-refractivity contribution < 1.29 is 14.3 Å². The number of rotatable bonds is 5. The molecule has 2 heterocycles. The Morgan fingerprint density at radius 3 is 2.38 bits per heavy atom. The highest BCUT2D eigenvalue weighted by molar-refractivity contribution is 9.10. The third-order valence-electron chi connectivity index (χ3n) is 5.30. The lowest BCUT2D eigenvalue weighted by Crippen LogP contribution is -2.24. The third-order valence-corrected chi connectivity index (χ3v) is 5.83. The number of esters is 1. The van der Waals surface area contributed by atoms with Crippen LogP contribution in [0.2, 0.25) is 0 Å². The van der Waals surface area contributed by atoms with Crippen LogP contribution in [-0.4, -0.2) is 32.7 Å². The molecule has 0 aliphatic heterocycles. The number of ketones is 1. The molecular formula is C24H20BrN3O4. The highest BCUT2D eigenvalue weighted by Gasteiger charge is 2.21. The van der Waals surface area contributed by atoms with Crippen LogP contribution in [0.15, 0.2) is 63.9 Å². The summed E-state index contributed by atoms with van der Waals surface area (Å²) >= 11 is 3.42. The highest BCUT2D eigenvalue weighted by Crippen LogP contribution is 2.23. The fourth-order valence-electron chi connectivity index (χ4n) is 3.76. The molecule has 7 nitrogen and oxygen atoms in total. The molecule has 162 valence electrons. The molecule has 0 unspecified atom stereocenters. The minimum Gasteiger partial charge on any atom is -0.452 e. The molecule has 0 amide bonds. The summed E-state index contributed by atoms with van der Waals surface area (Å²) in [5.74, 6) is -1.07. The van der Waals surface area contributed by atoms with Gasteiger partial charge in [0.25, 0.3) is 5.56 Å². The second-order valence-corrected chi connectivity index (χ2v) is 8.33. The molecule has 0 radical (unpaired) electrons. The van der Waals surface area contributed by atoms with E-state index >= 15 is 0 Å². The zero-order chi connectivity index (χ0) is 23.0. The van der Waals surface area contributed by atoms with Gasteiger partial charge in [-0.15, -0.1) is 0 Å². The summed E-state index contributed by atoms with van der Waals surface area (Å²) in [6.07, 6.45) is 0. The van der Waals surface area contributed by atoms with Crippen LogP contribution in [-0.2, 0) is 11.8 Å². The first kappa shape index (κ1) is 21.7. The summed E-state index contributed by atoms with van der Waals surface area (Å²) in [5.41, 5.74) is 2.75. The molecule has 4 rings (SSSR count). The molecule has 0 aliphatic carbocycles. The predicted octanol–water partition coefficient (Wildman–Crippen LogP) is 4.14. The standard InChI is InChI=1S/C24H20BrN3O4/c1-14-12-20(15(2)28(14)17-10-8-16(25)9-11-17)21(29)13-32-24(31)22-18-6-4-5-7-19(18)23(30)27(3)26-22/h4-12H,13H2,1-3H3. The van der Waals surface area contributed by atoms with Gasteiger partial charge in [0.1, 0.15) is 0 Å². The van der Waals surface area contributed by atoms with Crippen molar-refractivity contribution in [3.05, 3.63) is 92.1 Å². The Balaban J connectivity index is 1.58. The van der Waals surface area contributed by atoms with E-state index in [1.807, 2.05) is 42.7 Å². The van der Waals surface area contributed by atoms with Gasteiger partial charge in [-0.25, -0.2) is 9.48 Å². The smallest absolute Gasteiger partial charge is 0.359 e. The number of hydrogen-bond acceptors (Lipinski definition) is 5. The maximum Gasteiger partial charge on any atom is 0.359 e. The number of halogens is 1. The Kier molecular flexibility index (Phi) is 5.80. The van der Waals surface area contributed by atoms with E-state index in [2.05, 4.69) is 21.0 Å². The van der Waals surface area contributed by atoms with E-state index in [0.29, 0.717) is 16.3 Å². The summed E-state index contributed by atoms with van der Waals surface area (Å²) in [5, 5.41) is 4.80. The minimum atomic E-state index is -0.758. The molecule has 32 heavy (non-hydrogen) atoms. The van der Waals surface area contributed by atoms with Gasteiger partial charge < -0.3 is 9.30 Å². The molecule has 0 N–H and O–H groups in total. The van der Waals surface area contributed by atoms with E-state index in [-0.39, 0.29) is 17.0 Å². The van der Waals surface area contributed by atoms with Gasteiger partial charge in [0, 0.05) is 39.5 Å². The Bertz CT molecular complexity index is 1420. The largest absolute Gasteiger partial charge is 0.452 e. The fraction of sp³-hybridized carbons (Fsp3) is 0.167. The molecule has 2 aromatic heterocycles. The van der Waals surface area contributed by atoms with Gasteiger partial charge in [-0.2, -0.15) is 5.10 Å². The van der Waals surface area contributed by atoms with Crippen LogP contribution in [0.25, 0.3) is 16.5 Å². The average molecular weight is 494 g/mol. The zero-order valence-corrected chi connectivity index (χ0v) is 19.3. The van der Waals surface area contributed by atoms with Gasteiger partial charge in [0.15, 0.2) is 12.3 Å². The molecule has 4 aromatic rings. The van der Waals surface area contributed by atoms with Gasteiger partial charge >= 0.3 is 5.97 Å². The lowest BCUT2D eigenvalue weighted by Gasteiger charge is -2.10. The third kappa shape index (κ3) is 3.89. The van der Waals surface area contributed by atoms with E-state index in [4.69, 9.17) is 4.74 Å². The first-order valence-corrected chi connectivity index (χ1v) is 10.7. The summed E-state index contributed by atoms with van der Waals surface area (Å²) < 4.78 is 9.32. The van der Waals surface area contributed by atoms with Gasteiger partial charge in [0.05, 0.1) is 5.39 Å². The van der Waals surface area contributed by atoms with Gasteiger partial charge in [-0.3, -0.25) is 9.59 Å². The lowest BCUT2D eigenvalue weighted by atomic mass is 10.1. The summed E-state index contributed by atoms with van der Waals surface area (Å²) in [4.78, 5) is 37.8. The number of carbonyl (C=O) groups excluding carboxylic acids is 2. The highest BCUT2D eigenvalue weighted by atomic mass is 79.9. The zero-order valence-electron chi connectivity index (χ0n) is 17.8. The van der Waals surface area contributed by atoms with Crippen LogP contribution in [0.4, 0.5) is 0 Å². The van der Waals surface area contributed by atoms with Crippen molar-refractivity contribution in [1.29, 1.82) is 0 Å². The van der Waals surface area contributed by atoms with E-state index in [1.165, 1.54) is 7.05 Å². The minimum absolute atomic E-state index is 0.00386. The average Bonchev–Trinajstić information content (AvgIpc) is 3.09. The van der Waals surface area contributed by atoms with Crippen LogP contribution in [0.3, 0.4) is 0 Å². The maximum absolute atomic E-state index is 12.9. The Morgan fingerprint density at radius 2 is 1.69 bits per heavy atom. The number of Topliss-reactive ketones (excluding diaryl/α,β-unsaturated/α-hetero) is 1. The summed E-state index contributed by atoms with van der Waals surface area (Å²) in [6, 6.07) is 16.2. The van der Waals surface area contributed by atoms with Crippen LogP contribution in [0.1, 0.15) is 32.2 Å². The van der Waals surface area contributed by atoms with Gasteiger partial charge in [-0.05, 0) is 50.2 Å². The van der Waals surface area contributed by atoms with E-state index in [0.717, 1.165) is 26.2 Å². The van der Waals surface area contributed by atoms with Crippen LogP contribution in [0.5, 0.6) is 0 Å². The molecule has 0 fully saturated rings. The predicted molar refractivity (Wildman–Crippen MR) is 125 cm³/mol. The SMILES string of the molecule is Cc1cc(C(=O)COC(=O)c2nn(C)c(=O)c3ccccc23)c(C)n1-c1ccc(Br)cc1. The normalized spacial score (nSPS) is 11.0. The first-order valence-electron chi connectivity index (χ1n) is 9.89. The number of aryl methyl sites for hydroxylation is 2. The van der Waals surface area contributed by atoms with Crippen molar-refractivity contribution in [2.75, 3.05) is 6.61 Å². The number of ether oxygens (including phenoxy) is 1. The van der Waals surface area contributed by atoms with Gasteiger partial charge in [0.2, 0.25) is 5.78 Å². The molecular weight excluding hydrogens is 474 g/mol. The first-order chi connectivity index (χ1) is 15.3. The van der Waals surface area contributed by atoms with E-state index in [9.17, 15) is 14.4 Å². The lowest BCUT2D eigenvalue weighted by molar-refractivity contribution is 0.0468.